The number of rotatable bonds is 4. The van der Waals surface area contributed by atoms with E-state index in [9.17, 15) is 4.21 Å². The molecule has 0 amide bonds. The van der Waals surface area contributed by atoms with Gasteiger partial charge in [0.25, 0.3) is 0 Å². The molecule has 0 aliphatic carbocycles. The van der Waals surface area contributed by atoms with Crippen LogP contribution in [0, 0.1) is 11.3 Å². The molecule has 0 aliphatic rings. The van der Waals surface area contributed by atoms with Gasteiger partial charge >= 0.3 is 0 Å². The molecule has 2 N–H and O–H groups in total. The quantitative estimate of drug-likeness (QED) is 0.927. The number of hydrogen-bond donors (Lipinski definition) is 1. The van der Waals surface area contributed by atoms with Crippen LogP contribution in [0.25, 0.3) is 0 Å². The van der Waals surface area contributed by atoms with Crippen LogP contribution in [0.2, 0.25) is 0 Å². The Bertz CT molecular complexity index is 695. The van der Waals surface area contributed by atoms with E-state index in [1.807, 2.05) is 6.07 Å². The second kappa shape index (κ2) is 6.17. The molecule has 2 rings (SSSR count). The Balaban J connectivity index is 2.32. The van der Waals surface area contributed by atoms with Gasteiger partial charge < -0.3 is 10.5 Å². The molecule has 0 saturated heterocycles. The largest absolute Gasteiger partial charge is 0.496 e. The van der Waals surface area contributed by atoms with Crippen molar-refractivity contribution in [2.24, 2.45) is 0 Å². The Hall–Kier alpha value is -2.39. The number of nitriles is 1. The average molecular weight is 287 g/mol. The molecule has 0 fully saturated rings. The first-order valence-electron chi connectivity index (χ1n) is 5.81. The molecule has 20 heavy (non-hydrogen) atoms. The maximum atomic E-state index is 12.3. The van der Waals surface area contributed by atoms with Crippen LogP contribution in [0.1, 0.15) is 11.1 Å². The molecule has 5 nitrogen and oxygen atoms in total. The highest BCUT2D eigenvalue weighted by Gasteiger charge is 2.13. The number of benzene rings is 1. The maximum absolute atomic E-state index is 12.3. The van der Waals surface area contributed by atoms with Crippen molar-refractivity contribution < 1.29 is 8.95 Å². The lowest BCUT2D eigenvalue weighted by molar-refractivity contribution is 0.411. The molecule has 0 spiro atoms. The van der Waals surface area contributed by atoms with Crippen molar-refractivity contribution in [2.45, 2.75) is 10.8 Å². The molecule has 0 saturated carbocycles. The Kier molecular flexibility index (Phi) is 4.33. The third-order valence-corrected chi connectivity index (χ3v) is 4.06. The molecule has 6 heteroatoms. The van der Waals surface area contributed by atoms with Gasteiger partial charge in [0.15, 0.2) is 0 Å². The van der Waals surface area contributed by atoms with E-state index in [1.54, 1.807) is 36.5 Å². The molecule has 102 valence electrons. The van der Waals surface area contributed by atoms with E-state index >= 15 is 0 Å². The van der Waals surface area contributed by atoms with Crippen molar-refractivity contribution in [3.05, 3.63) is 47.7 Å². The van der Waals surface area contributed by atoms with Gasteiger partial charge in [-0.15, -0.1) is 0 Å². The minimum Gasteiger partial charge on any atom is -0.496 e. The number of hydrogen-bond acceptors (Lipinski definition) is 5. The number of aromatic nitrogens is 1. The van der Waals surface area contributed by atoms with E-state index in [2.05, 4.69) is 4.98 Å². The van der Waals surface area contributed by atoms with Gasteiger partial charge in [-0.2, -0.15) is 5.26 Å². The van der Waals surface area contributed by atoms with Crippen LogP contribution in [-0.2, 0) is 16.6 Å². The lowest BCUT2D eigenvalue weighted by atomic mass is 10.1. The van der Waals surface area contributed by atoms with Crippen molar-refractivity contribution in [3.63, 3.8) is 0 Å². The van der Waals surface area contributed by atoms with Crippen molar-refractivity contribution >= 4 is 16.5 Å². The molecular formula is C14H13N3O2S. The summed E-state index contributed by atoms with van der Waals surface area (Å²) in [5.41, 5.74) is 7.33. The fourth-order valence-electron chi connectivity index (χ4n) is 1.76. The smallest absolute Gasteiger partial charge is 0.150 e. The van der Waals surface area contributed by atoms with Crippen molar-refractivity contribution in [1.29, 1.82) is 5.26 Å². The minimum absolute atomic E-state index is 0.194. The summed E-state index contributed by atoms with van der Waals surface area (Å²) in [6.45, 7) is 0. The lowest BCUT2D eigenvalue weighted by Gasteiger charge is -2.09. The van der Waals surface area contributed by atoms with Crippen LogP contribution in [0.4, 0.5) is 5.69 Å². The third-order valence-electron chi connectivity index (χ3n) is 2.71. The molecule has 1 aromatic heterocycles. The van der Waals surface area contributed by atoms with Gasteiger partial charge in [-0.3, -0.25) is 4.21 Å². The highest BCUT2D eigenvalue weighted by Crippen LogP contribution is 2.24. The lowest BCUT2D eigenvalue weighted by Crippen LogP contribution is -2.04. The summed E-state index contributed by atoms with van der Waals surface area (Å²) in [6, 6.07) is 10.4. The first-order valence-corrected chi connectivity index (χ1v) is 7.13. The summed E-state index contributed by atoms with van der Waals surface area (Å²) in [5.74, 6) is 0.784. The van der Waals surface area contributed by atoms with Gasteiger partial charge in [-0.1, -0.05) is 0 Å². The number of nitrogens with two attached hydrogens (primary N) is 1. The predicted octanol–water partition coefficient (Wildman–Crippen LogP) is 1.85. The normalized spacial score (nSPS) is 11.6. The molecule has 1 aromatic carbocycles. The summed E-state index contributed by atoms with van der Waals surface area (Å²) >= 11 is 0. The van der Waals surface area contributed by atoms with Crippen LogP contribution in [0.5, 0.6) is 5.75 Å². The second-order valence-corrected chi connectivity index (χ2v) is 5.39. The third kappa shape index (κ3) is 2.95. The van der Waals surface area contributed by atoms with E-state index in [0.29, 0.717) is 27.6 Å². The van der Waals surface area contributed by atoms with E-state index in [1.165, 1.54) is 7.11 Å². The highest BCUT2D eigenvalue weighted by molar-refractivity contribution is 7.84. The topological polar surface area (TPSA) is 89.0 Å². The average Bonchev–Trinajstić information content (AvgIpc) is 2.47. The van der Waals surface area contributed by atoms with Crippen LogP contribution in [0.15, 0.2) is 41.6 Å². The van der Waals surface area contributed by atoms with Crippen LogP contribution < -0.4 is 10.5 Å². The Morgan fingerprint density at radius 1 is 1.45 bits per heavy atom. The van der Waals surface area contributed by atoms with Crippen LogP contribution in [0.3, 0.4) is 0 Å². The first-order chi connectivity index (χ1) is 9.65. The molecule has 0 aliphatic heterocycles. The van der Waals surface area contributed by atoms with Gasteiger partial charge in [0.05, 0.1) is 41.0 Å². The first kappa shape index (κ1) is 14.0. The predicted molar refractivity (Wildman–Crippen MR) is 76.5 cm³/mol. The molecule has 1 unspecified atom stereocenters. The fraction of sp³-hybridized carbons (Fsp3) is 0.143. The number of nitrogens with zero attached hydrogens (tertiary/aromatic N) is 2. The summed E-state index contributed by atoms with van der Waals surface area (Å²) in [7, 11) is 0.137. The highest BCUT2D eigenvalue weighted by atomic mass is 32.2. The zero-order valence-corrected chi connectivity index (χ0v) is 11.7. The molecule has 1 atom stereocenters. The monoisotopic (exact) mass is 287 g/mol. The molecule has 0 bridgehead atoms. The number of nitrogen functional groups attached to an aromatic ring is 1. The van der Waals surface area contributed by atoms with Crippen molar-refractivity contribution in [3.8, 4) is 11.8 Å². The van der Waals surface area contributed by atoms with E-state index in [4.69, 9.17) is 15.7 Å². The number of methoxy groups -OCH3 is 1. The van der Waals surface area contributed by atoms with E-state index in [-0.39, 0.29) is 5.75 Å². The van der Waals surface area contributed by atoms with Crippen molar-refractivity contribution in [2.75, 3.05) is 12.8 Å². The SMILES string of the molecule is COc1ccc(C#N)cc1CS(=O)c1ncccc1N. The molecule has 2 aromatic rings. The van der Waals surface area contributed by atoms with Gasteiger partial charge in [-0.05, 0) is 30.3 Å². The van der Waals surface area contributed by atoms with E-state index in [0.717, 1.165) is 0 Å². The summed E-state index contributed by atoms with van der Waals surface area (Å²) < 4.78 is 17.5. The Morgan fingerprint density at radius 3 is 2.90 bits per heavy atom. The Labute approximate surface area is 119 Å². The maximum Gasteiger partial charge on any atom is 0.150 e. The van der Waals surface area contributed by atoms with Crippen molar-refractivity contribution in [1.82, 2.24) is 4.98 Å². The zero-order chi connectivity index (χ0) is 14.5. The molecule has 0 radical (unpaired) electrons. The minimum atomic E-state index is -1.39. The Morgan fingerprint density at radius 2 is 2.25 bits per heavy atom. The van der Waals surface area contributed by atoms with Gasteiger partial charge in [0, 0.05) is 11.8 Å². The van der Waals surface area contributed by atoms with Crippen LogP contribution in [-0.4, -0.2) is 16.3 Å². The van der Waals surface area contributed by atoms with Crippen LogP contribution >= 0.6 is 0 Å². The van der Waals surface area contributed by atoms with Gasteiger partial charge in [-0.25, -0.2) is 4.98 Å². The summed E-state index contributed by atoms with van der Waals surface area (Å²) in [4.78, 5) is 4.04. The van der Waals surface area contributed by atoms with Gasteiger partial charge in [0.2, 0.25) is 0 Å². The number of anilines is 1. The summed E-state index contributed by atoms with van der Waals surface area (Å²) in [5, 5.41) is 9.27. The van der Waals surface area contributed by atoms with Gasteiger partial charge in [0.1, 0.15) is 10.8 Å². The molecular weight excluding hydrogens is 274 g/mol. The number of ether oxygens (including phenoxy) is 1. The second-order valence-electron chi connectivity index (χ2n) is 4.03. The molecule has 1 heterocycles. The standard InChI is InChI=1S/C14H13N3O2S/c1-19-13-5-4-10(8-15)7-11(13)9-20(18)14-12(16)3-2-6-17-14/h2-7H,9,16H2,1H3. The van der Waals surface area contributed by atoms with E-state index < -0.39 is 10.8 Å². The fourth-order valence-corrected chi connectivity index (χ4v) is 2.92. The zero-order valence-electron chi connectivity index (χ0n) is 10.9. The number of pyridine rings is 1. The summed E-state index contributed by atoms with van der Waals surface area (Å²) in [6.07, 6.45) is 1.55.